The number of nitrogens with two attached hydrogens (primary N) is 1. The number of carbonyl (C=O) groups is 1. The zero-order valence-electron chi connectivity index (χ0n) is 11.5. The molecular formula is C14H20BrNO3. The minimum Gasteiger partial charge on any atom is -0.495 e. The van der Waals surface area contributed by atoms with E-state index in [2.05, 4.69) is 22.9 Å². The van der Waals surface area contributed by atoms with E-state index < -0.39 is 0 Å². The van der Waals surface area contributed by atoms with Crippen LogP contribution in [0.1, 0.15) is 36.5 Å². The van der Waals surface area contributed by atoms with Gasteiger partial charge in [-0.05, 0) is 34.5 Å². The Morgan fingerprint density at radius 2 is 2.05 bits per heavy atom. The molecule has 19 heavy (non-hydrogen) atoms. The van der Waals surface area contributed by atoms with Crippen LogP contribution in [-0.2, 0) is 0 Å². The summed E-state index contributed by atoms with van der Waals surface area (Å²) in [4.78, 5) is 12.2. The number of rotatable bonds is 7. The first-order valence-electron chi connectivity index (χ1n) is 6.24. The van der Waals surface area contributed by atoms with E-state index in [1.165, 1.54) is 7.11 Å². The van der Waals surface area contributed by atoms with E-state index in [1.54, 1.807) is 19.2 Å². The van der Waals surface area contributed by atoms with Gasteiger partial charge in [-0.1, -0.05) is 13.3 Å². The third-order valence-corrected chi connectivity index (χ3v) is 3.64. The predicted octanol–water partition coefficient (Wildman–Crippen LogP) is 3.17. The highest BCUT2D eigenvalue weighted by molar-refractivity contribution is 9.10. The Kier molecular flexibility index (Phi) is 6.31. The molecular weight excluding hydrogens is 310 g/mol. The standard InChI is InChI=1S/C14H20BrNO3/c1-4-5-9(16)8-11(17)10-6-7-12(18-2)13(15)14(10)19-3/h6-7,9H,4-5,8,16H2,1-3H3. The molecule has 0 aromatic heterocycles. The largest absolute Gasteiger partial charge is 0.495 e. The first kappa shape index (κ1) is 16.0. The third-order valence-electron chi connectivity index (χ3n) is 2.89. The highest BCUT2D eigenvalue weighted by atomic mass is 79.9. The van der Waals surface area contributed by atoms with Crippen molar-refractivity contribution in [3.05, 3.63) is 22.2 Å². The average molecular weight is 330 g/mol. The van der Waals surface area contributed by atoms with Gasteiger partial charge in [0, 0.05) is 12.5 Å². The molecule has 2 N–H and O–H groups in total. The smallest absolute Gasteiger partial charge is 0.168 e. The Morgan fingerprint density at radius 1 is 1.37 bits per heavy atom. The molecule has 1 unspecified atom stereocenters. The van der Waals surface area contributed by atoms with Crippen LogP contribution in [0.15, 0.2) is 16.6 Å². The van der Waals surface area contributed by atoms with Crippen LogP contribution in [0.4, 0.5) is 0 Å². The third kappa shape index (κ3) is 3.94. The zero-order valence-corrected chi connectivity index (χ0v) is 13.1. The molecule has 0 fully saturated rings. The Morgan fingerprint density at radius 3 is 2.58 bits per heavy atom. The number of benzene rings is 1. The number of methoxy groups -OCH3 is 2. The number of ether oxygens (including phenoxy) is 2. The topological polar surface area (TPSA) is 61.6 Å². The predicted molar refractivity (Wildman–Crippen MR) is 79.1 cm³/mol. The van der Waals surface area contributed by atoms with Gasteiger partial charge >= 0.3 is 0 Å². The van der Waals surface area contributed by atoms with Gasteiger partial charge in [0.15, 0.2) is 5.78 Å². The molecule has 0 aliphatic rings. The van der Waals surface area contributed by atoms with Gasteiger partial charge in [0.1, 0.15) is 16.0 Å². The molecule has 0 spiro atoms. The van der Waals surface area contributed by atoms with Crippen molar-refractivity contribution in [2.75, 3.05) is 14.2 Å². The van der Waals surface area contributed by atoms with Crippen molar-refractivity contribution in [2.24, 2.45) is 5.73 Å². The van der Waals surface area contributed by atoms with Gasteiger partial charge in [-0.2, -0.15) is 0 Å². The summed E-state index contributed by atoms with van der Waals surface area (Å²) in [6.07, 6.45) is 2.13. The molecule has 0 bridgehead atoms. The van der Waals surface area contributed by atoms with Crippen LogP contribution in [0.25, 0.3) is 0 Å². The second kappa shape index (κ2) is 7.50. The van der Waals surface area contributed by atoms with E-state index in [0.29, 0.717) is 28.0 Å². The summed E-state index contributed by atoms with van der Waals surface area (Å²) in [7, 11) is 3.10. The molecule has 0 aliphatic heterocycles. The summed E-state index contributed by atoms with van der Waals surface area (Å²) < 4.78 is 11.1. The lowest BCUT2D eigenvalue weighted by Gasteiger charge is -2.14. The number of hydrogen-bond donors (Lipinski definition) is 1. The van der Waals surface area contributed by atoms with Gasteiger partial charge in [-0.25, -0.2) is 0 Å². The average Bonchev–Trinajstić information content (AvgIpc) is 2.38. The number of hydrogen-bond acceptors (Lipinski definition) is 4. The van der Waals surface area contributed by atoms with Gasteiger partial charge in [0.05, 0.1) is 19.8 Å². The van der Waals surface area contributed by atoms with Crippen LogP contribution in [-0.4, -0.2) is 26.0 Å². The summed E-state index contributed by atoms with van der Waals surface area (Å²) in [5, 5.41) is 0. The molecule has 1 atom stereocenters. The number of ketones is 1. The van der Waals surface area contributed by atoms with Crippen molar-refractivity contribution in [1.29, 1.82) is 0 Å². The van der Waals surface area contributed by atoms with E-state index in [0.717, 1.165) is 12.8 Å². The van der Waals surface area contributed by atoms with Crippen LogP contribution < -0.4 is 15.2 Å². The van der Waals surface area contributed by atoms with Crippen molar-refractivity contribution in [3.8, 4) is 11.5 Å². The monoisotopic (exact) mass is 329 g/mol. The van der Waals surface area contributed by atoms with Gasteiger partial charge in [-0.3, -0.25) is 4.79 Å². The maximum atomic E-state index is 12.2. The number of halogens is 1. The summed E-state index contributed by atoms with van der Waals surface area (Å²) in [6.45, 7) is 2.05. The molecule has 1 aromatic carbocycles. The van der Waals surface area contributed by atoms with Crippen molar-refractivity contribution < 1.29 is 14.3 Å². The molecule has 0 aliphatic carbocycles. The molecule has 0 heterocycles. The maximum absolute atomic E-state index is 12.2. The van der Waals surface area contributed by atoms with Gasteiger partial charge < -0.3 is 15.2 Å². The molecule has 106 valence electrons. The SMILES string of the molecule is CCCC(N)CC(=O)c1ccc(OC)c(Br)c1OC. The fourth-order valence-electron chi connectivity index (χ4n) is 1.94. The normalized spacial score (nSPS) is 12.1. The minimum atomic E-state index is -0.108. The maximum Gasteiger partial charge on any atom is 0.168 e. The molecule has 0 saturated heterocycles. The highest BCUT2D eigenvalue weighted by Crippen LogP contribution is 2.37. The van der Waals surface area contributed by atoms with Crippen LogP contribution in [0, 0.1) is 0 Å². The molecule has 0 saturated carbocycles. The summed E-state index contributed by atoms with van der Waals surface area (Å²) in [5.41, 5.74) is 6.44. The molecule has 0 radical (unpaired) electrons. The Hall–Kier alpha value is -1.07. The van der Waals surface area contributed by atoms with E-state index in [-0.39, 0.29) is 11.8 Å². The van der Waals surface area contributed by atoms with E-state index in [9.17, 15) is 4.79 Å². The molecule has 5 heteroatoms. The van der Waals surface area contributed by atoms with Crippen molar-refractivity contribution in [3.63, 3.8) is 0 Å². The van der Waals surface area contributed by atoms with Gasteiger partial charge in [-0.15, -0.1) is 0 Å². The second-order valence-electron chi connectivity index (χ2n) is 4.34. The van der Waals surface area contributed by atoms with E-state index >= 15 is 0 Å². The van der Waals surface area contributed by atoms with Crippen molar-refractivity contribution >= 4 is 21.7 Å². The lowest BCUT2D eigenvalue weighted by Crippen LogP contribution is -2.23. The summed E-state index contributed by atoms with van der Waals surface area (Å²) in [6, 6.07) is 3.34. The minimum absolute atomic E-state index is 0.0128. The van der Waals surface area contributed by atoms with Crippen LogP contribution in [0.3, 0.4) is 0 Å². The summed E-state index contributed by atoms with van der Waals surface area (Å²) in [5.74, 6) is 1.11. The van der Waals surface area contributed by atoms with Crippen LogP contribution >= 0.6 is 15.9 Å². The lowest BCUT2D eigenvalue weighted by molar-refractivity contribution is 0.0970. The number of carbonyl (C=O) groups excluding carboxylic acids is 1. The zero-order chi connectivity index (χ0) is 14.4. The van der Waals surface area contributed by atoms with Crippen LogP contribution in [0.5, 0.6) is 11.5 Å². The Bertz CT molecular complexity index is 449. The van der Waals surface area contributed by atoms with Crippen LogP contribution in [0.2, 0.25) is 0 Å². The van der Waals surface area contributed by atoms with E-state index in [4.69, 9.17) is 15.2 Å². The fraction of sp³-hybridized carbons (Fsp3) is 0.500. The van der Waals surface area contributed by atoms with Gasteiger partial charge in [0.2, 0.25) is 0 Å². The summed E-state index contributed by atoms with van der Waals surface area (Å²) >= 11 is 3.38. The second-order valence-corrected chi connectivity index (χ2v) is 5.13. The lowest BCUT2D eigenvalue weighted by atomic mass is 10.0. The molecule has 4 nitrogen and oxygen atoms in total. The Balaban J connectivity index is 3.00. The highest BCUT2D eigenvalue weighted by Gasteiger charge is 2.19. The molecule has 1 aromatic rings. The molecule has 1 rings (SSSR count). The first-order chi connectivity index (χ1) is 9.04. The van der Waals surface area contributed by atoms with Crippen molar-refractivity contribution in [2.45, 2.75) is 32.2 Å². The van der Waals surface area contributed by atoms with Gasteiger partial charge in [0.25, 0.3) is 0 Å². The first-order valence-corrected chi connectivity index (χ1v) is 7.03. The van der Waals surface area contributed by atoms with E-state index in [1.807, 2.05) is 0 Å². The number of Topliss-reactive ketones (excluding diaryl/α,β-unsaturated/α-hetero) is 1. The molecule has 0 amide bonds. The quantitative estimate of drug-likeness (QED) is 0.780. The Labute approximate surface area is 122 Å². The fourth-order valence-corrected chi connectivity index (χ4v) is 2.61. The van der Waals surface area contributed by atoms with Crippen molar-refractivity contribution in [1.82, 2.24) is 0 Å².